The molecule has 1 saturated heterocycles. The lowest BCUT2D eigenvalue weighted by Crippen LogP contribution is -2.40. The number of pyridine rings is 1. The molecule has 1 aromatic carbocycles. The van der Waals surface area contributed by atoms with Gasteiger partial charge in [0.25, 0.3) is 5.91 Å². The highest BCUT2D eigenvalue weighted by atomic mass is 16.5. The second-order valence-electron chi connectivity index (χ2n) is 9.36. The van der Waals surface area contributed by atoms with Gasteiger partial charge in [-0.3, -0.25) is 9.78 Å². The number of carbonyl (C=O) groups excluding carboxylic acids is 1. The summed E-state index contributed by atoms with van der Waals surface area (Å²) in [5, 5.41) is 3.16. The van der Waals surface area contributed by atoms with E-state index in [2.05, 4.69) is 25.2 Å². The average molecular weight is 507 g/mol. The third-order valence-electron chi connectivity index (χ3n) is 6.67. The molecule has 1 saturated carbocycles. The van der Waals surface area contributed by atoms with Crippen molar-refractivity contribution in [2.45, 2.75) is 64.5 Å². The van der Waals surface area contributed by atoms with Gasteiger partial charge in [-0.05, 0) is 70.6 Å². The summed E-state index contributed by atoms with van der Waals surface area (Å²) in [5.41, 5.74) is 8.55. The number of hydrogen-bond acceptors (Lipinski definition) is 8. The maximum Gasteiger partial charge on any atom is 0.270 e. The van der Waals surface area contributed by atoms with Gasteiger partial charge in [0.15, 0.2) is 0 Å². The molecular weight excluding hydrogens is 468 g/mol. The predicted octanol–water partition coefficient (Wildman–Crippen LogP) is 4.37. The molecule has 2 aromatic heterocycles. The molecule has 0 spiro atoms. The Morgan fingerprint density at radius 3 is 2.49 bits per heavy atom. The maximum absolute atomic E-state index is 12.8. The van der Waals surface area contributed by atoms with Crippen molar-refractivity contribution in [1.82, 2.24) is 20.3 Å². The first kappa shape index (κ1) is 26.6. The minimum atomic E-state index is -0.104. The summed E-state index contributed by atoms with van der Waals surface area (Å²) >= 11 is 0. The van der Waals surface area contributed by atoms with Crippen LogP contribution in [0.15, 0.2) is 42.7 Å². The van der Waals surface area contributed by atoms with Crippen molar-refractivity contribution in [1.29, 1.82) is 0 Å². The van der Waals surface area contributed by atoms with Crippen molar-refractivity contribution >= 4 is 28.4 Å². The van der Waals surface area contributed by atoms with Gasteiger partial charge in [0, 0.05) is 56.5 Å². The average Bonchev–Trinajstić information content (AvgIpc) is 3.46. The summed E-state index contributed by atoms with van der Waals surface area (Å²) in [6.07, 6.45) is 9.14. The van der Waals surface area contributed by atoms with Crippen LogP contribution < -0.4 is 20.7 Å². The minimum absolute atomic E-state index is 0.0618. The van der Waals surface area contributed by atoms with E-state index >= 15 is 0 Å². The lowest BCUT2D eigenvalue weighted by atomic mass is 9.92. The summed E-state index contributed by atoms with van der Waals surface area (Å²) < 4.78 is 11.1. The van der Waals surface area contributed by atoms with Crippen LogP contribution in [0.1, 0.15) is 62.9 Å². The highest BCUT2D eigenvalue weighted by Crippen LogP contribution is 2.30. The van der Waals surface area contributed by atoms with E-state index in [1.165, 1.54) is 12.8 Å². The topological polar surface area (TPSA) is 115 Å². The Bertz CT molecular complexity index is 1160. The lowest BCUT2D eigenvalue weighted by molar-refractivity contribution is 0.0890. The van der Waals surface area contributed by atoms with Crippen LogP contribution in [0.2, 0.25) is 0 Å². The number of nitrogens with zero attached hydrogens (tertiary/aromatic N) is 4. The molecule has 3 aromatic rings. The number of carbonyl (C=O) groups is 1. The maximum atomic E-state index is 12.8. The number of nitrogens with one attached hydrogen (secondary N) is 1. The van der Waals surface area contributed by atoms with E-state index < -0.39 is 0 Å². The zero-order valence-corrected chi connectivity index (χ0v) is 21.9. The quantitative estimate of drug-likeness (QED) is 0.454. The highest BCUT2D eigenvalue weighted by molar-refractivity contribution is 5.92. The molecule has 3 heterocycles. The molecule has 2 fully saturated rings. The fourth-order valence-corrected chi connectivity index (χ4v) is 4.79. The van der Waals surface area contributed by atoms with Crippen molar-refractivity contribution < 1.29 is 14.3 Å². The Balaban J connectivity index is 0.000000586. The van der Waals surface area contributed by atoms with Crippen LogP contribution in [0.3, 0.4) is 0 Å². The van der Waals surface area contributed by atoms with Crippen LogP contribution in [-0.4, -0.2) is 59.3 Å². The van der Waals surface area contributed by atoms with Gasteiger partial charge in [0.05, 0.1) is 11.6 Å². The molecule has 3 N–H and O–H groups in total. The monoisotopic (exact) mass is 506 g/mol. The first-order chi connectivity index (χ1) is 18.1. The largest absolute Gasteiger partial charge is 0.488 e. The molecule has 9 heteroatoms. The molecule has 1 aliphatic carbocycles. The number of nitrogens with two attached hydrogens (primary N) is 1. The summed E-state index contributed by atoms with van der Waals surface area (Å²) in [6.45, 7) is 7.69. The van der Waals surface area contributed by atoms with E-state index in [1.54, 1.807) is 24.5 Å². The van der Waals surface area contributed by atoms with Crippen molar-refractivity contribution in [2.75, 3.05) is 36.9 Å². The molecule has 2 aliphatic rings. The smallest absolute Gasteiger partial charge is 0.270 e. The summed E-state index contributed by atoms with van der Waals surface area (Å²) in [7, 11) is 0. The number of hydrogen-bond donors (Lipinski definition) is 2. The van der Waals surface area contributed by atoms with Crippen LogP contribution in [0.25, 0.3) is 11.0 Å². The second-order valence-corrected chi connectivity index (χ2v) is 9.36. The first-order valence-corrected chi connectivity index (χ1v) is 13.3. The van der Waals surface area contributed by atoms with Crippen LogP contribution in [-0.2, 0) is 4.74 Å². The van der Waals surface area contributed by atoms with Crippen LogP contribution >= 0.6 is 0 Å². The van der Waals surface area contributed by atoms with E-state index in [4.69, 9.17) is 15.2 Å². The molecule has 0 atom stereocenters. The zero-order valence-electron chi connectivity index (χ0n) is 21.9. The van der Waals surface area contributed by atoms with Gasteiger partial charge in [-0.1, -0.05) is 6.07 Å². The van der Waals surface area contributed by atoms with Gasteiger partial charge in [0.2, 0.25) is 0 Å². The minimum Gasteiger partial charge on any atom is -0.488 e. The number of fused-ring (bicyclic) bond motifs is 1. The fraction of sp³-hybridized carbons (Fsp3) is 0.500. The summed E-state index contributed by atoms with van der Waals surface area (Å²) in [6, 6.07) is 9.42. The van der Waals surface area contributed by atoms with Gasteiger partial charge in [-0.15, -0.1) is 0 Å². The van der Waals surface area contributed by atoms with Crippen molar-refractivity contribution in [2.24, 2.45) is 0 Å². The number of nitrogen functional groups attached to an aromatic ring is 1. The molecule has 0 unspecified atom stereocenters. The van der Waals surface area contributed by atoms with Gasteiger partial charge in [-0.2, -0.15) is 0 Å². The van der Waals surface area contributed by atoms with E-state index in [0.29, 0.717) is 17.1 Å². The third kappa shape index (κ3) is 7.29. The molecule has 9 nitrogen and oxygen atoms in total. The number of ether oxygens (including phenoxy) is 2. The lowest BCUT2D eigenvalue weighted by Gasteiger charge is -2.29. The Morgan fingerprint density at radius 2 is 1.78 bits per heavy atom. The third-order valence-corrected chi connectivity index (χ3v) is 6.67. The van der Waals surface area contributed by atoms with E-state index in [0.717, 1.165) is 68.8 Å². The van der Waals surface area contributed by atoms with E-state index in [-0.39, 0.29) is 18.1 Å². The molecule has 0 bridgehead atoms. The van der Waals surface area contributed by atoms with Crippen LogP contribution in [0, 0.1) is 0 Å². The molecular formula is C28H38N6O3. The van der Waals surface area contributed by atoms with Gasteiger partial charge >= 0.3 is 0 Å². The highest BCUT2D eigenvalue weighted by Gasteiger charge is 2.25. The molecule has 198 valence electrons. The van der Waals surface area contributed by atoms with Crippen molar-refractivity contribution in [3.63, 3.8) is 0 Å². The second kappa shape index (κ2) is 13.2. The van der Waals surface area contributed by atoms with Gasteiger partial charge in [-0.25, -0.2) is 9.97 Å². The normalized spacial score (nSPS) is 19.2. The van der Waals surface area contributed by atoms with Crippen molar-refractivity contribution in [3.05, 3.63) is 48.4 Å². The zero-order chi connectivity index (χ0) is 26.0. The SMILES string of the molecule is CCOCC.Nc1cc(OC2CCC(NC(=O)c3cccc(N4CCCC4)n3)CC2)c2nccnc2c1. The Labute approximate surface area is 218 Å². The van der Waals surface area contributed by atoms with Crippen molar-refractivity contribution in [3.8, 4) is 5.75 Å². The standard InChI is InChI=1S/C24H28N6O2.C4H10O/c25-16-14-20-23(27-11-10-26-20)21(15-16)32-18-8-6-17(7-9-18)28-24(31)19-4-3-5-22(29-19)30-12-1-2-13-30;1-3-5-4-2/h3-5,10-11,14-15,17-18H,1-2,6-9,12-13,25H2,(H,28,31);3-4H2,1-2H3. The molecule has 0 radical (unpaired) electrons. The Hall–Kier alpha value is -3.46. The number of anilines is 2. The Morgan fingerprint density at radius 1 is 1.05 bits per heavy atom. The number of rotatable bonds is 7. The number of amides is 1. The first-order valence-electron chi connectivity index (χ1n) is 13.3. The fourth-order valence-electron chi connectivity index (χ4n) is 4.79. The summed E-state index contributed by atoms with van der Waals surface area (Å²) in [4.78, 5) is 28.3. The Kier molecular flexibility index (Phi) is 9.48. The molecule has 1 aliphatic heterocycles. The van der Waals surface area contributed by atoms with Crippen LogP contribution in [0.4, 0.5) is 11.5 Å². The molecule has 5 rings (SSSR count). The van der Waals surface area contributed by atoms with E-state index in [9.17, 15) is 4.79 Å². The predicted molar refractivity (Wildman–Crippen MR) is 146 cm³/mol. The van der Waals surface area contributed by atoms with Gasteiger partial charge in [0.1, 0.15) is 22.8 Å². The summed E-state index contributed by atoms with van der Waals surface area (Å²) in [5.74, 6) is 1.46. The molecule has 1 amide bonds. The number of aromatic nitrogens is 3. The van der Waals surface area contributed by atoms with Crippen LogP contribution in [0.5, 0.6) is 5.75 Å². The van der Waals surface area contributed by atoms with E-state index in [1.807, 2.05) is 32.0 Å². The van der Waals surface area contributed by atoms with Gasteiger partial charge < -0.3 is 25.4 Å². The molecule has 37 heavy (non-hydrogen) atoms. The number of benzene rings is 1.